The van der Waals surface area contributed by atoms with E-state index in [9.17, 15) is 4.79 Å². The van der Waals surface area contributed by atoms with Crippen LogP contribution in [0, 0.1) is 0 Å². The predicted molar refractivity (Wildman–Crippen MR) is 79.4 cm³/mol. The Morgan fingerprint density at radius 3 is 2.67 bits per heavy atom. The van der Waals surface area contributed by atoms with Crippen molar-refractivity contribution < 1.29 is 4.79 Å². The van der Waals surface area contributed by atoms with E-state index in [0.717, 1.165) is 17.0 Å². The zero-order valence-electron chi connectivity index (χ0n) is 11.3. The second-order valence-electron chi connectivity index (χ2n) is 4.56. The lowest BCUT2D eigenvalue weighted by Crippen LogP contribution is -2.22. The molecule has 1 aromatic carbocycles. The molecule has 0 saturated carbocycles. The van der Waals surface area contributed by atoms with Gasteiger partial charge in [0.15, 0.2) is 0 Å². The monoisotopic (exact) mass is 278 g/mol. The number of rotatable bonds is 4. The number of carbonyl (C=O) groups excluding carboxylic acids is 1. The van der Waals surface area contributed by atoms with Gasteiger partial charge in [-0.05, 0) is 23.8 Å². The summed E-state index contributed by atoms with van der Waals surface area (Å²) in [6, 6.07) is 11.1. The van der Waals surface area contributed by atoms with E-state index in [1.807, 2.05) is 24.3 Å². The average Bonchev–Trinajstić information content (AvgIpc) is 3.08. The van der Waals surface area contributed by atoms with Crippen LogP contribution in [0.15, 0.2) is 61.2 Å². The van der Waals surface area contributed by atoms with Crippen molar-refractivity contribution in [3.8, 4) is 11.4 Å². The molecule has 21 heavy (non-hydrogen) atoms. The molecule has 0 saturated heterocycles. The zero-order valence-corrected chi connectivity index (χ0v) is 11.3. The van der Waals surface area contributed by atoms with Crippen molar-refractivity contribution in [2.24, 2.45) is 0 Å². The van der Waals surface area contributed by atoms with Crippen LogP contribution in [0.3, 0.4) is 0 Å². The maximum atomic E-state index is 12.1. The molecule has 0 radical (unpaired) electrons. The first-order valence-corrected chi connectivity index (χ1v) is 6.60. The summed E-state index contributed by atoms with van der Waals surface area (Å²) < 4.78 is 0. The van der Waals surface area contributed by atoms with Gasteiger partial charge < -0.3 is 10.3 Å². The number of imidazole rings is 1. The molecule has 0 aliphatic heterocycles. The average molecular weight is 278 g/mol. The first kappa shape index (κ1) is 13.1. The van der Waals surface area contributed by atoms with Gasteiger partial charge >= 0.3 is 0 Å². The van der Waals surface area contributed by atoms with Crippen LogP contribution < -0.4 is 5.32 Å². The van der Waals surface area contributed by atoms with E-state index < -0.39 is 0 Å². The molecule has 3 rings (SSSR count). The molecule has 0 unspecified atom stereocenters. The van der Waals surface area contributed by atoms with E-state index in [-0.39, 0.29) is 5.91 Å². The van der Waals surface area contributed by atoms with Crippen LogP contribution in [0.25, 0.3) is 11.4 Å². The minimum absolute atomic E-state index is 0.107. The smallest absolute Gasteiger partial charge is 0.251 e. The SMILES string of the molecule is O=C(NCc1cccnc1)c1ccc(-c2ncc[nH]2)cc1. The third-order valence-corrected chi connectivity index (χ3v) is 3.09. The Labute approximate surface area is 122 Å². The minimum Gasteiger partial charge on any atom is -0.348 e. The van der Waals surface area contributed by atoms with Gasteiger partial charge in [0.05, 0.1) is 0 Å². The fourth-order valence-electron chi connectivity index (χ4n) is 1.99. The van der Waals surface area contributed by atoms with Crippen molar-refractivity contribution in [2.45, 2.75) is 6.54 Å². The number of nitrogens with zero attached hydrogens (tertiary/aromatic N) is 2. The molecule has 0 fully saturated rings. The summed E-state index contributed by atoms with van der Waals surface area (Å²) in [5.41, 5.74) is 2.54. The quantitative estimate of drug-likeness (QED) is 0.770. The number of hydrogen-bond acceptors (Lipinski definition) is 3. The van der Waals surface area contributed by atoms with E-state index in [1.54, 1.807) is 36.9 Å². The van der Waals surface area contributed by atoms with E-state index in [4.69, 9.17) is 0 Å². The van der Waals surface area contributed by atoms with Gasteiger partial charge in [0.2, 0.25) is 0 Å². The van der Waals surface area contributed by atoms with Gasteiger partial charge in [-0.3, -0.25) is 9.78 Å². The number of H-pyrrole nitrogens is 1. The van der Waals surface area contributed by atoms with Crippen molar-refractivity contribution in [3.63, 3.8) is 0 Å². The number of carbonyl (C=O) groups is 1. The highest BCUT2D eigenvalue weighted by molar-refractivity contribution is 5.94. The van der Waals surface area contributed by atoms with Crippen LogP contribution in [0.2, 0.25) is 0 Å². The Balaban J connectivity index is 1.65. The minimum atomic E-state index is -0.107. The Hall–Kier alpha value is -2.95. The third kappa shape index (κ3) is 3.14. The number of hydrogen-bond donors (Lipinski definition) is 2. The molecule has 5 nitrogen and oxygen atoms in total. The number of nitrogens with one attached hydrogen (secondary N) is 2. The summed E-state index contributed by atoms with van der Waals surface area (Å²) in [4.78, 5) is 23.3. The number of benzene rings is 1. The summed E-state index contributed by atoms with van der Waals surface area (Å²) in [5.74, 6) is 0.683. The molecule has 0 bridgehead atoms. The van der Waals surface area contributed by atoms with Crippen molar-refractivity contribution in [3.05, 3.63) is 72.3 Å². The van der Waals surface area contributed by atoms with Gasteiger partial charge in [0, 0.05) is 42.5 Å². The third-order valence-electron chi connectivity index (χ3n) is 3.09. The Morgan fingerprint density at radius 2 is 2.00 bits per heavy atom. The highest BCUT2D eigenvalue weighted by Crippen LogP contribution is 2.15. The van der Waals surface area contributed by atoms with Gasteiger partial charge in [-0.15, -0.1) is 0 Å². The first-order valence-electron chi connectivity index (χ1n) is 6.60. The first-order chi connectivity index (χ1) is 10.3. The summed E-state index contributed by atoms with van der Waals surface area (Å²) in [6.45, 7) is 0.465. The molecule has 0 aliphatic rings. The van der Waals surface area contributed by atoms with Gasteiger partial charge in [-0.1, -0.05) is 18.2 Å². The normalized spacial score (nSPS) is 10.3. The Kier molecular flexibility index (Phi) is 3.73. The van der Waals surface area contributed by atoms with Gasteiger partial charge in [0.1, 0.15) is 5.82 Å². The van der Waals surface area contributed by atoms with Gasteiger partial charge in [0.25, 0.3) is 5.91 Å². The fraction of sp³-hybridized carbons (Fsp3) is 0.0625. The molecule has 104 valence electrons. The number of amides is 1. The van der Waals surface area contributed by atoms with Crippen molar-refractivity contribution in [1.82, 2.24) is 20.3 Å². The molecular weight excluding hydrogens is 264 g/mol. The summed E-state index contributed by atoms with van der Waals surface area (Å²) in [5, 5.41) is 2.87. The Bertz CT molecular complexity index is 706. The lowest BCUT2D eigenvalue weighted by atomic mass is 10.1. The lowest BCUT2D eigenvalue weighted by molar-refractivity contribution is 0.0951. The van der Waals surface area contributed by atoms with E-state index in [1.165, 1.54) is 0 Å². The second kappa shape index (κ2) is 6.00. The largest absolute Gasteiger partial charge is 0.348 e. The van der Waals surface area contributed by atoms with Crippen LogP contribution in [-0.4, -0.2) is 20.9 Å². The molecule has 3 aromatic rings. The molecule has 5 heteroatoms. The summed E-state index contributed by atoms with van der Waals surface area (Å²) in [7, 11) is 0. The van der Waals surface area contributed by atoms with Crippen LogP contribution >= 0.6 is 0 Å². The molecule has 2 heterocycles. The molecule has 0 spiro atoms. The highest BCUT2D eigenvalue weighted by Gasteiger charge is 2.06. The zero-order chi connectivity index (χ0) is 14.5. The van der Waals surface area contributed by atoms with Crippen molar-refractivity contribution >= 4 is 5.91 Å². The van der Waals surface area contributed by atoms with Crippen molar-refractivity contribution in [1.29, 1.82) is 0 Å². The molecule has 0 atom stereocenters. The topological polar surface area (TPSA) is 70.7 Å². The predicted octanol–water partition coefficient (Wildman–Crippen LogP) is 2.40. The van der Waals surface area contributed by atoms with Crippen molar-refractivity contribution in [2.75, 3.05) is 0 Å². The molecule has 0 aliphatic carbocycles. The molecule has 2 aromatic heterocycles. The van der Waals surface area contributed by atoms with E-state index in [0.29, 0.717) is 12.1 Å². The maximum Gasteiger partial charge on any atom is 0.251 e. The van der Waals surface area contributed by atoms with Crippen LogP contribution in [-0.2, 0) is 6.54 Å². The van der Waals surface area contributed by atoms with Crippen LogP contribution in [0.5, 0.6) is 0 Å². The van der Waals surface area contributed by atoms with Crippen LogP contribution in [0.1, 0.15) is 15.9 Å². The maximum absolute atomic E-state index is 12.1. The van der Waals surface area contributed by atoms with E-state index >= 15 is 0 Å². The molecular formula is C16H14N4O. The van der Waals surface area contributed by atoms with E-state index in [2.05, 4.69) is 20.3 Å². The van der Waals surface area contributed by atoms with Gasteiger partial charge in [-0.2, -0.15) is 0 Å². The number of aromatic nitrogens is 3. The Morgan fingerprint density at radius 1 is 1.14 bits per heavy atom. The van der Waals surface area contributed by atoms with Crippen LogP contribution in [0.4, 0.5) is 0 Å². The lowest BCUT2D eigenvalue weighted by Gasteiger charge is -2.05. The van der Waals surface area contributed by atoms with Gasteiger partial charge in [-0.25, -0.2) is 4.98 Å². The fourth-order valence-corrected chi connectivity index (χ4v) is 1.99. The second-order valence-corrected chi connectivity index (χ2v) is 4.56. The number of aromatic amines is 1. The highest BCUT2D eigenvalue weighted by atomic mass is 16.1. The standard InChI is InChI=1S/C16H14N4O/c21-16(20-11-12-2-1-7-17-10-12)14-5-3-13(4-6-14)15-18-8-9-19-15/h1-10H,11H2,(H,18,19)(H,20,21). The molecule has 2 N–H and O–H groups in total. The summed E-state index contributed by atoms with van der Waals surface area (Å²) >= 11 is 0. The summed E-state index contributed by atoms with van der Waals surface area (Å²) in [6.07, 6.45) is 6.91. The number of pyridine rings is 1. The molecule has 1 amide bonds.